The highest BCUT2D eigenvalue weighted by Crippen LogP contribution is 2.43. The molecule has 0 aromatic carbocycles. The maximum atomic E-state index is 4.68. The maximum absolute atomic E-state index is 4.68. The van der Waals surface area contributed by atoms with E-state index in [9.17, 15) is 0 Å². The van der Waals surface area contributed by atoms with Gasteiger partial charge in [0.05, 0.1) is 5.41 Å². The standard InChI is InChI=1S/C18H28N2S2/c1-3-5-6-7-8-9-11-18(10-4-2,16-19-12-14-21-16)17-20-13-15-22-17/h12-15H,3-11H2,1-2H3. The Bertz CT molecular complexity index is 457. The van der Waals surface area contributed by atoms with Gasteiger partial charge in [-0.25, -0.2) is 9.97 Å². The molecular weight excluding hydrogens is 308 g/mol. The second kappa shape index (κ2) is 9.41. The van der Waals surface area contributed by atoms with Gasteiger partial charge in [0.25, 0.3) is 0 Å². The SMILES string of the molecule is CCCCCCCCC(CCC)(c1nccs1)c1nccs1. The van der Waals surface area contributed by atoms with Crippen molar-refractivity contribution in [1.82, 2.24) is 9.97 Å². The smallest absolute Gasteiger partial charge is 0.105 e. The van der Waals surface area contributed by atoms with Gasteiger partial charge in [0, 0.05) is 23.2 Å². The molecule has 2 aromatic rings. The van der Waals surface area contributed by atoms with Crippen molar-refractivity contribution in [2.45, 2.75) is 77.0 Å². The lowest BCUT2D eigenvalue weighted by molar-refractivity contribution is 0.403. The van der Waals surface area contributed by atoms with Crippen molar-refractivity contribution in [2.24, 2.45) is 0 Å². The summed E-state index contributed by atoms with van der Waals surface area (Å²) in [6, 6.07) is 0. The van der Waals surface area contributed by atoms with E-state index in [1.807, 2.05) is 12.4 Å². The zero-order valence-corrected chi connectivity index (χ0v) is 15.5. The second-order valence-corrected chi connectivity index (χ2v) is 7.81. The van der Waals surface area contributed by atoms with E-state index < -0.39 is 0 Å². The normalized spacial score (nSPS) is 11.9. The molecule has 2 heterocycles. The molecule has 0 fully saturated rings. The van der Waals surface area contributed by atoms with Crippen LogP contribution in [0.2, 0.25) is 0 Å². The third-order valence-corrected chi connectivity index (χ3v) is 6.27. The van der Waals surface area contributed by atoms with Crippen LogP contribution >= 0.6 is 22.7 Å². The third-order valence-electron chi connectivity index (χ3n) is 4.32. The molecule has 0 bridgehead atoms. The number of rotatable bonds is 11. The molecule has 0 saturated heterocycles. The van der Waals surface area contributed by atoms with Crippen molar-refractivity contribution < 1.29 is 0 Å². The molecule has 0 atom stereocenters. The molecule has 0 aliphatic heterocycles. The average molecular weight is 337 g/mol. The highest BCUT2D eigenvalue weighted by atomic mass is 32.1. The fraction of sp³-hybridized carbons (Fsp3) is 0.667. The van der Waals surface area contributed by atoms with Crippen molar-refractivity contribution in [2.75, 3.05) is 0 Å². The Morgan fingerprint density at radius 2 is 1.36 bits per heavy atom. The highest BCUT2D eigenvalue weighted by molar-refractivity contribution is 7.11. The molecule has 0 aliphatic rings. The summed E-state index contributed by atoms with van der Waals surface area (Å²) in [6.45, 7) is 4.55. The molecule has 122 valence electrons. The lowest BCUT2D eigenvalue weighted by atomic mass is 9.79. The number of aromatic nitrogens is 2. The first-order valence-corrected chi connectivity index (χ1v) is 10.4. The molecule has 0 amide bonds. The van der Waals surface area contributed by atoms with Crippen LogP contribution < -0.4 is 0 Å². The molecule has 2 nitrogen and oxygen atoms in total. The molecule has 4 heteroatoms. The van der Waals surface area contributed by atoms with Gasteiger partial charge < -0.3 is 0 Å². The predicted molar refractivity (Wildman–Crippen MR) is 97.9 cm³/mol. The molecule has 0 spiro atoms. The van der Waals surface area contributed by atoms with Crippen molar-refractivity contribution in [1.29, 1.82) is 0 Å². The summed E-state index contributed by atoms with van der Waals surface area (Å²) in [4.78, 5) is 9.35. The lowest BCUT2D eigenvalue weighted by Gasteiger charge is -2.30. The molecule has 2 rings (SSSR count). The van der Waals surface area contributed by atoms with Crippen molar-refractivity contribution in [3.8, 4) is 0 Å². The van der Waals surface area contributed by atoms with Gasteiger partial charge in [0.1, 0.15) is 10.0 Å². The quantitative estimate of drug-likeness (QED) is 0.441. The first-order valence-electron chi connectivity index (χ1n) is 8.63. The molecular formula is C18H28N2S2. The minimum Gasteiger partial charge on any atom is -0.249 e. The Balaban J connectivity index is 2.08. The zero-order valence-electron chi connectivity index (χ0n) is 13.9. The second-order valence-electron chi connectivity index (χ2n) is 6.02. The molecule has 0 N–H and O–H groups in total. The van der Waals surface area contributed by atoms with Crippen LogP contribution in [-0.2, 0) is 5.41 Å². The molecule has 0 saturated carbocycles. The van der Waals surface area contributed by atoms with Crippen LogP contribution in [0.1, 0.15) is 81.7 Å². The number of unbranched alkanes of at least 4 members (excludes halogenated alkanes) is 5. The van der Waals surface area contributed by atoms with Crippen molar-refractivity contribution >= 4 is 22.7 Å². The van der Waals surface area contributed by atoms with Crippen LogP contribution in [0.5, 0.6) is 0 Å². The van der Waals surface area contributed by atoms with Gasteiger partial charge in [-0.3, -0.25) is 0 Å². The topological polar surface area (TPSA) is 25.8 Å². The summed E-state index contributed by atoms with van der Waals surface area (Å²) in [5, 5.41) is 6.74. The van der Waals surface area contributed by atoms with E-state index in [-0.39, 0.29) is 5.41 Å². The maximum Gasteiger partial charge on any atom is 0.105 e. The van der Waals surface area contributed by atoms with E-state index in [1.165, 1.54) is 61.4 Å². The minimum absolute atomic E-state index is 0.0574. The Hall–Kier alpha value is -0.740. The van der Waals surface area contributed by atoms with E-state index in [1.54, 1.807) is 22.7 Å². The van der Waals surface area contributed by atoms with Gasteiger partial charge in [-0.2, -0.15) is 0 Å². The molecule has 0 radical (unpaired) electrons. The Morgan fingerprint density at radius 3 is 1.86 bits per heavy atom. The predicted octanol–water partition coefficient (Wildman–Crippen LogP) is 6.44. The zero-order chi connectivity index (χ0) is 15.7. The van der Waals surface area contributed by atoms with Gasteiger partial charge in [-0.1, -0.05) is 58.8 Å². The number of thiazole rings is 2. The molecule has 2 aromatic heterocycles. The van der Waals surface area contributed by atoms with E-state index >= 15 is 0 Å². The van der Waals surface area contributed by atoms with Crippen LogP contribution in [0.4, 0.5) is 0 Å². The third kappa shape index (κ3) is 4.39. The largest absolute Gasteiger partial charge is 0.249 e. The summed E-state index contributed by atoms with van der Waals surface area (Å²) in [6.07, 6.45) is 15.5. The minimum atomic E-state index is 0.0574. The van der Waals surface area contributed by atoms with Gasteiger partial charge in [0.15, 0.2) is 0 Å². The summed E-state index contributed by atoms with van der Waals surface area (Å²) in [5.41, 5.74) is 0.0574. The van der Waals surface area contributed by atoms with Crippen LogP contribution in [0.15, 0.2) is 23.2 Å². The van der Waals surface area contributed by atoms with Crippen LogP contribution in [-0.4, -0.2) is 9.97 Å². The Labute approximate surface area is 143 Å². The first kappa shape index (κ1) is 17.6. The van der Waals surface area contributed by atoms with Gasteiger partial charge >= 0.3 is 0 Å². The fourth-order valence-corrected chi connectivity index (χ4v) is 5.06. The molecule has 22 heavy (non-hydrogen) atoms. The summed E-state index contributed by atoms with van der Waals surface area (Å²) in [5.74, 6) is 0. The summed E-state index contributed by atoms with van der Waals surface area (Å²) < 4.78 is 0. The van der Waals surface area contributed by atoms with Crippen molar-refractivity contribution in [3.63, 3.8) is 0 Å². The Kier molecular flexibility index (Phi) is 7.53. The average Bonchev–Trinajstić information content (AvgIpc) is 3.23. The lowest BCUT2D eigenvalue weighted by Crippen LogP contribution is -2.27. The monoisotopic (exact) mass is 336 g/mol. The van der Waals surface area contributed by atoms with E-state index in [4.69, 9.17) is 0 Å². The van der Waals surface area contributed by atoms with Gasteiger partial charge in [0.2, 0.25) is 0 Å². The van der Waals surface area contributed by atoms with Gasteiger partial charge in [-0.05, 0) is 12.8 Å². The number of nitrogens with zero attached hydrogens (tertiary/aromatic N) is 2. The van der Waals surface area contributed by atoms with Crippen LogP contribution in [0.3, 0.4) is 0 Å². The number of hydrogen-bond acceptors (Lipinski definition) is 4. The summed E-state index contributed by atoms with van der Waals surface area (Å²) in [7, 11) is 0. The highest BCUT2D eigenvalue weighted by Gasteiger charge is 2.37. The van der Waals surface area contributed by atoms with Gasteiger partial charge in [-0.15, -0.1) is 22.7 Å². The summed E-state index contributed by atoms with van der Waals surface area (Å²) >= 11 is 3.59. The Morgan fingerprint density at radius 1 is 0.773 bits per heavy atom. The van der Waals surface area contributed by atoms with E-state index in [0.717, 1.165) is 6.42 Å². The molecule has 0 aliphatic carbocycles. The van der Waals surface area contributed by atoms with E-state index in [2.05, 4.69) is 34.6 Å². The fourth-order valence-electron chi connectivity index (χ4n) is 3.20. The van der Waals surface area contributed by atoms with Crippen LogP contribution in [0.25, 0.3) is 0 Å². The van der Waals surface area contributed by atoms with Crippen LogP contribution in [0, 0.1) is 0 Å². The number of hydrogen-bond donors (Lipinski definition) is 0. The van der Waals surface area contributed by atoms with Crippen molar-refractivity contribution in [3.05, 3.63) is 33.2 Å². The molecule has 0 unspecified atom stereocenters. The van der Waals surface area contributed by atoms with E-state index in [0.29, 0.717) is 0 Å². The first-order chi connectivity index (χ1) is 10.8.